The van der Waals surface area contributed by atoms with Crippen molar-refractivity contribution in [3.63, 3.8) is 0 Å². The molecule has 0 N–H and O–H groups in total. The van der Waals surface area contributed by atoms with Gasteiger partial charge in [-0.2, -0.15) is 0 Å². The summed E-state index contributed by atoms with van der Waals surface area (Å²) in [6.45, 7) is 3.80. The fourth-order valence-electron chi connectivity index (χ4n) is 4.27. The Morgan fingerprint density at radius 1 is 1.18 bits per heavy atom. The molecule has 0 bridgehead atoms. The van der Waals surface area contributed by atoms with Crippen LogP contribution in [0.2, 0.25) is 0 Å². The van der Waals surface area contributed by atoms with Crippen molar-refractivity contribution >= 4 is 5.91 Å². The Morgan fingerprint density at radius 3 is 2.89 bits per heavy atom. The van der Waals surface area contributed by atoms with Gasteiger partial charge in [0.1, 0.15) is 11.6 Å². The second-order valence-corrected chi connectivity index (χ2v) is 7.48. The van der Waals surface area contributed by atoms with E-state index in [4.69, 9.17) is 4.74 Å². The van der Waals surface area contributed by atoms with Gasteiger partial charge in [0.15, 0.2) is 5.82 Å². The van der Waals surface area contributed by atoms with Crippen molar-refractivity contribution in [1.29, 1.82) is 0 Å². The lowest BCUT2D eigenvalue weighted by Gasteiger charge is -2.34. The average Bonchev–Trinajstić information content (AvgIpc) is 3.34. The van der Waals surface area contributed by atoms with Crippen LogP contribution < -0.4 is 4.74 Å². The summed E-state index contributed by atoms with van der Waals surface area (Å²) in [7, 11) is 0. The summed E-state index contributed by atoms with van der Waals surface area (Å²) in [6.07, 6.45) is 1.70. The number of nitrogens with zero attached hydrogens (tertiary/aromatic N) is 4. The zero-order chi connectivity index (χ0) is 19.1. The van der Waals surface area contributed by atoms with E-state index in [0.717, 1.165) is 35.8 Å². The molecular formula is C22H22N4O2. The summed E-state index contributed by atoms with van der Waals surface area (Å²) >= 11 is 0. The van der Waals surface area contributed by atoms with Crippen molar-refractivity contribution in [2.24, 2.45) is 0 Å². The van der Waals surface area contributed by atoms with Crippen LogP contribution in [0, 0.1) is 6.92 Å². The molecule has 142 valence electrons. The topological polar surface area (TPSA) is 60.2 Å². The third-order valence-electron chi connectivity index (χ3n) is 5.60. The number of hydrogen-bond donors (Lipinski definition) is 0. The van der Waals surface area contributed by atoms with Crippen LogP contribution in [0.1, 0.15) is 39.2 Å². The molecule has 2 aliphatic rings. The van der Waals surface area contributed by atoms with E-state index in [2.05, 4.69) is 26.9 Å². The Labute approximate surface area is 163 Å². The molecule has 0 saturated carbocycles. The van der Waals surface area contributed by atoms with Gasteiger partial charge in [-0.05, 0) is 42.7 Å². The van der Waals surface area contributed by atoms with Crippen molar-refractivity contribution in [1.82, 2.24) is 19.7 Å². The van der Waals surface area contributed by atoms with Crippen molar-refractivity contribution in [3.05, 3.63) is 76.9 Å². The largest absolute Gasteiger partial charge is 0.493 e. The van der Waals surface area contributed by atoms with Crippen LogP contribution in [0.15, 0.2) is 48.5 Å². The molecule has 0 saturated heterocycles. The lowest BCUT2D eigenvalue weighted by atomic mass is 10.0. The van der Waals surface area contributed by atoms with Gasteiger partial charge in [-0.15, -0.1) is 10.2 Å². The molecule has 0 fully saturated rings. The fourth-order valence-corrected chi connectivity index (χ4v) is 4.27. The molecule has 28 heavy (non-hydrogen) atoms. The quantitative estimate of drug-likeness (QED) is 0.707. The SMILES string of the molecule is Cc1nnc2n1[C@H](Cc1ccccc1)CN(C(=O)c1ccc3c(c1)CCO3)C2. The van der Waals surface area contributed by atoms with Gasteiger partial charge < -0.3 is 14.2 Å². The molecule has 5 rings (SSSR count). The molecule has 3 aromatic rings. The third-order valence-corrected chi connectivity index (χ3v) is 5.60. The van der Waals surface area contributed by atoms with Gasteiger partial charge in [0.2, 0.25) is 0 Å². The van der Waals surface area contributed by atoms with Gasteiger partial charge in [-0.25, -0.2) is 0 Å². The van der Waals surface area contributed by atoms with Gasteiger partial charge in [-0.3, -0.25) is 4.79 Å². The molecule has 0 aliphatic carbocycles. The first-order valence-corrected chi connectivity index (χ1v) is 9.68. The molecule has 6 heteroatoms. The maximum atomic E-state index is 13.2. The predicted octanol–water partition coefficient (Wildman–Crippen LogP) is 2.96. The average molecular weight is 374 g/mol. The Hall–Kier alpha value is -3.15. The molecule has 6 nitrogen and oxygen atoms in total. The van der Waals surface area contributed by atoms with Crippen LogP contribution in [-0.4, -0.2) is 38.7 Å². The number of hydrogen-bond acceptors (Lipinski definition) is 4. The summed E-state index contributed by atoms with van der Waals surface area (Å²) in [5.74, 6) is 2.69. The maximum Gasteiger partial charge on any atom is 0.254 e. The standard InChI is InChI=1S/C22H22N4O2/c1-15-23-24-21-14-25(13-19(26(15)21)11-16-5-3-2-4-6-16)22(27)18-7-8-20-17(12-18)9-10-28-20/h2-8,12,19H,9-11,13-14H2,1H3/t19-/m1/s1. The molecule has 2 aromatic carbocycles. The summed E-state index contributed by atoms with van der Waals surface area (Å²) in [6, 6.07) is 16.2. The second-order valence-electron chi connectivity index (χ2n) is 7.48. The van der Waals surface area contributed by atoms with Crippen LogP contribution in [-0.2, 0) is 19.4 Å². The number of rotatable bonds is 3. The predicted molar refractivity (Wildman–Crippen MR) is 104 cm³/mol. The zero-order valence-corrected chi connectivity index (χ0v) is 15.8. The molecule has 1 atom stereocenters. The van der Waals surface area contributed by atoms with E-state index in [0.29, 0.717) is 25.3 Å². The van der Waals surface area contributed by atoms with Crippen molar-refractivity contribution < 1.29 is 9.53 Å². The third kappa shape index (κ3) is 2.95. The minimum Gasteiger partial charge on any atom is -0.493 e. The Kier molecular flexibility index (Phi) is 4.11. The molecule has 0 spiro atoms. The lowest BCUT2D eigenvalue weighted by molar-refractivity contribution is 0.0672. The Balaban J connectivity index is 1.44. The number of amides is 1. The van der Waals surface area contributed by atoms with E-state index in [1.807, 2.05) is 48.2 Å². The normalized spacial score (nSPS) is 17.8. The van der Waals surface area contributed by atoms with Crippen molar-refractivity contribution in [2.45, 2.75) is 32.4 Å². The highest BCUT2D eigenvalue weighted by Gasteiger charge is 2.31. The minimum absolute atomic E-state index is 0.0414. The highest BCUT2D eigenvalue weighted by Crippen LogP contribution is 2.29. The van der Waals surface area contributed by atoms with Crippen LogP contribution in [0.4, 0.5) is 0 Å². The summed E-state index contributed by atoms with van der Waals surface area (Å²) in [5.41, 5.74) is 3.07. The lowest BCUT2D eigenvalue weighted by Crippen LogP contribution is -2.42. The van der Waals surface area contributed by atoms with Crippen LogP contribution in [0.3, 0.4) is 0 Å². The van der Waals surface area contributed by atoms with Crippen molar-refractivity contribution in [3.8, 4) is 5.75 Å². The van der Waals surface area contributed by atoms with E-state index in [1.165, 1.54) is 5.56 Å². The number of aryl methyl sites for hydroxylation is 1. The first-order chi connectivity index (χ1) is 13.7. The van der Waals surface area contributed by atoms with Gasteiger partial charge in [0.05, 0.1) is 19.2 Å². The van der Waals surface area contributed by atoms with Gasteiger partial charge in [0.25, 0.3) is 5.91 Å². The number of carbonyl (C=O) groups is 1. The van der Waals surface area contributed by atoms with Crippen LogP contribution in [0.25, 0.3) is 0 Å². The molecule has 1 aromatic heterocycles. The minimum atomic E-state index is 0.0414. The second kappa shape index (κ2) is 6.78. The smallest absolute Gasteiger partial charge is 0.254 e. The van der Waals surface area contributed by atoms with Gasteiger partial charge in [-0.1, -0.05) is 30.3 Å². The number of ether oxygens (including phenoxy) is 1. The Morgan fingerprint density at radius 2 is 2.04 bits per heavy atom. The van der Waals surface area contributed by atoms with E-state index in [-0.39, 0.29) is 11.9 Å². The highest BCUT2D eigenvalue weighted by atomic mass is 16.5. The zero-order valence-electron chi connectivity index (χ0n) is 15.8. The first kappa shape index (κ1) is 17.0. The van der Waals surface area contributed by atoms with Crippen LogP contribution >= 0.6 is 0 Å². The first-order valence-electron chi connectivity index (χ1n) is 9.68. The Bertz CT molecular complexity index is 1030. The molecule has 0 unspecified atom stereocenters. The summed E-state index contributed by atoms with van der Waals surface area (Å²) < 4.78 is 7.75. The van der Waals surface area contributed by atoms with E-state index in [1.54, 1.807) is 0 Å². The van der Waals surface area contributed by atoms with E-state index in [9.17, 15) is 4.79 Å². The summed E-state index contributed by atoms with van der Waals surface area (Å²) in [5, 5.41) is 8.59. The monoisotopic (exact) mass is 374 g/mol. The van der Waals surface area contributed by atoms with Crippen LogP contribution in [0.5, 0.6) is 5.75 Å². The van der Waals surface area contributed by atoms with Gasteiger partial charge >= 0.3 is 0 Å². The molecular weight excluding hydrogens is 352 g/mol. The number of benzene rings is 2. The number of carbonyl (C=O) groups excluding carboxylic acids is 1. The number of aromatic nitrogens is 3. The van der Waals surface area contributed by atoms with Gasteiger partial charge in [0, 0.05) is 18.5 Å². The molecule has 1 amide bonds. The molecule has 3 heterocycles. The molecule has 0 radical (unpaired) electrons. The maximum absolute atomic E-state index is 13.2. The summed E-state index contributed by atoms with van der Waals surface area (Å²) in [4.78, 5) is 15.1. The number of fused-ring (bicyclic) bond motifs is 2. The van der Waals surface area contributed by atoms with E-state index >= 15 is 0 Å². The highest BCUT2D eigenvalue weighted by molar-refractivity contribution is 5.94. The van der Waals surface area contributed by atoms with Crippen molar-refractivity contribution in [2.75, 3.05) is 13.2 Å². The fraction of sp³-hybridized carbons (Fsp3) is 0.318. The molecule has 2 aliphatic heterocycles. The van der Waals surface area contributed by atoms with E-state index < -0.39 is 0 Å².